The monoisotopic (exact) mass is 175 g/mol. The third kappa shape index (κ3) is 1.58. The van der Waals surface area contributed by atoms with Crippen molar-refractivity contribution < 1.29 is 5.11 Å². The van der Waals surface area contributed by atoms with E-state index in [2.05, 4.69) is 11.1 Å². The summed E-state index contributed by atoms with van der Waals surface area (Å²) in [6, 6.07) is 8.18. The first kappa shape index (κ1) is 8.32. The molecule has 2 heteroatoms. The molecule has 1 aromatic heterocycles. The Balaban J connectivity index is 2.48. The van der Waals surface area contributed by atoms with Gasteiger partial charge in [-0.3, -0.25) is 0 Å². The Labute approximate surface area is 77.2 Å². The summed E-state index contributed by atoms with van der Waals surface area (Å²) < 4.78 is 0. The molecule has 0 bridgehead atoms. The van der Waals surface area contributed by atoms with Crippen molar-refractivity contribution in [3.05, 3.63) is 36.0 Å². The van der Waals surface area contributed by atoms with Crippen LogP contribution in [0.5, 0.6) is 0 Å². The molecule has 0 fully saturated rings. The number of fused-ring (bicyclic) bond motifs is 1. The highest BCUT2D eigenvalue weighted by Crippen LogP contribution is 2.17. The van der Waals surface area contributed by atoms with Crippen molar-refractivity contribution in [2.24, 2.45) is 0 Å². The first-order valence-electron chi connectivity index (χ1n) is 4.50. The molecule has 2 aromatic rings. The normalized spacial score (nSPS) is 13.4. The van der Waals surface area contributed by atoms with E-state index in [-0.39, 0.29) is 6.10 Å². The Morgan fingerprint density at radius 3 is 3.00 bits per heavy atom. The molecule has 0 aliphatic rings. The van der Waals surface area contributed by atoms with Crippen molar-refractivity contribution in [2.45, 2.75) is 19.4 Å². The van der Waals surface area contributed by atoms with Crippen molar-refractivity contribution >= 4 is 10.9 Å². The van der Waals surface area contributed by atoms with Crippen molar-refractivity contribution in [1.82, 2.24) is 4.98 Å². The lowest BCUT2D eigenvalue weighted by Crippen LogP contribution is -2.04. The van der Waals surface area contributed by atoms with Crippen molar-refractivity contribution in [1.29, 1.82) is 0 Å². The summed E-state index contributed by atoms with van der Waals surface area (Å²) >= 11 is 0. The van der Waals surface area contributed by atoms with Crippen molar-refractivity contribution in [2.75, 3.05) is 0 Å². The average molecular weight is 175 g/mol. The Morgan fingerprint density at radius 2 is 2.23 bits per heavy atom. The van der Waals surface area contributed by atoms with E-state index in [0.29, 0.717) is 6.42 Å². The Morgan fingerprint density at radius 1 is 1.38 bits per heavy atom. The maximum atomic E-state index is 9.29. The number of rotatable bonds is 2. The quantitative estimate of drug-likeness (QED) is 0.720. The van der Waals surface area contributed by atoms with E-state index in [1.54, 1.807) is 0 Å². The largest absolute Gasteiger partial charge is 0.393 e. The highest BCUT2D eigenvalue weighted by molar-refractivity contribution is 5.82. The van der Waals surface area contributed by atoms with Gasteiger partial charge < -0.3 is 10.1 Å². The number of aromatic amines is 1. The second-order valence-corrected chi connectivity index (χ2v) is 3.41. The first-order chi connectivity index (χ1) is 6.27. The highest BCUT2D eigenvalue weighted by atomic mass is 16.3. The van der Waals surface area contributed by atoms with Crippen molar-refractivity contribution in [3.8, 4) is 0 Å². The lowest BCUT2D eigenvalue weighted by molar-refractivity contribution is 0.196. The third-order valence-electron chi connectivity index (χ3n) is 2.19. The zero-order valence-electron chi connectivity index (χ0n) is 7.62. The van der Waals surface area contributed by atoms with Gasteiger partial charge in [0.25, 0.3) is 0 Å². The third-order valence-corrected chi connectivity index (χ3v) is 2.19. The van der Waals surface area contributed by atoms with Gasteiger partial charge in [0.15, 0.2) is 0 Å². The van der Waals surface area contributed by atoms with Crippen LogP contribution in [-0.2, 0) is 6.42 Å². The van der Waals surface area contributed by atoms with E-state index in [4.69, 9.17) is 0 Å². The molecule has 1 heterocycles. The molecule has 1 aromatic carbocycles. The van der Waals surface area contributed by atoms with Crippen LogP contribution in [0, 0.1) is 0 Å². The molecule has 13 heavy (non-hydrogen) atoms. The number of para-hydroxylation sites is 1. The van der Waals surface area contributed by atoms with E-state index >= 15 is 0 Å². The molecular weight excluding hydrogens is 162 g/mol. The number of nitrogens with one attached hydrogen (secondary N) is 1. The molecule has 1 atom stereocenters. The van der Waals surface area contributed by atoms with Gasteiger partial charge >= 0.3 is 0 Å². The number of benzene rings is 1. The number of aliphatic hydroxyl groups is 1. The summed E-state index contributed by atoms with van der Waals surface area (Å²) in [4.78, 5) is 3.18. The summed E-state index contributed by atoms with van der Waals surface area (Å²) in [5, 5.41) is 10.5. The molecule has 0 amide bonds. The van der Waals surface area contributed by atoms with E-state index in [1.165, 1.54) is 10.9 Å². The topological polar surface area (TPSA) is 36.0 Å². The van der Waals surface area contributed by atoms with Crippen LogP contribution in [0.15, 0.2) is 30.5 Å². The van der Waals surface area contributed by atoms with Gasteiger partial charge in [-0.05, 0) is 23.9 Å². The summed E-state index contributed by atoms with van der Waals surface area (Å²) in [6.07, 6.45) is 2.35. The minimum Gasteiger partial charge on any atom is -0.393 e. The van der Waals surface area contributed by atoms with Crippen LogP contribution >= 0.6 is 0 Å². The molecule has 2 N–H and O–H groups in total. The zero-order valence-corrected chi connectivity index (χ0v) is 7.62. The molecule has 0 spiro atoms. The van der Waals surface area contributed by atoms with Crippen LogP contribution in [0.3, 0.4) is 0 Å². The first-order valence-corrected chi connectivity index (χ1v) is 4.50. The smallest absolute Gasteiger partial charge is 0.0553 e. The SMILES string of the molecule is C[C@@H](O)Cc1cccc2cc[nH]c12. The van der Waals surface area contributed by atoms with Crippen LogP contribution in [0.4, 0.5) is 0 Å². The van der Waals surface area contributed by atoms with Gasteiger partial charge in [0.2, 0.25) is 0 Å². The van der Waals surface area contributed by atoms with Gasteiger partial charge in [0.05, 0.1) is 6.10 Å². The maximum Gasteiger partial charge on any atom is 0.0553 e. The second kappa shape index (κ2) is 3.23. The van der Waals surface area contributed by atoms with E-state index < -0.39 is 0 Å². The minimum absolute atomic E-state index is 0.283. The van der Waals surface area contributed by atoms with E-state index in [1.807, 2.05) is 31.3 Å². The maximum absolute atomic E-state index is 9.29. The number of aromatic nitrogens is 1. The molecule has 2 rings (SSSR count). The van der Waals surface area contributed by atoms with Gasteiger partial charge in [0.1, 0.15) is 0 Å². The Bertz CT molecular complexity index is 403. The lowest BCUT2D eigenvalue weighted by atomic mass is 10.1. The minimum atomic E-state index is -0.283. The fraction of sp³-hybridized carbons (Fsp3) is 0.273. The summed E-state index contributed by atoms with van der Waals surface area (Å²) in [5.74, 6) is 0. The van der Waals surface area contributed by atoms with Gasteiger partial charge in [-0.15, -0.1) is 0 Å². The van der Waals surface area contributed by atoms with E-state index in [0.717, 1.165) is 5.52 Å². The van der Waals surface area contributed by atoms with Crippen molar-refractivity contribution in [3.63, 3.8) is 0 Å². The number of aliphatic hydroxyl groups excluding tert-OH is 1. The lowest BCUT2D eigenvalue weighted by Gasteiger charge is -2.05. The zero-order chi connectivity index (χ0) is 9.26. The highest BCUT2D eigenvalue weighted by Gasteiger charge is 2.03. The number of hydrogen-bond donors (Lipinski definition) is 2. The van der Waals surface area contributed by atoms with Crippen LogP contribution < -0.4 is 0 Å². The molecule has 0 saturated carbocycles. The summed E-state index contributed by atoms with van der Waals surface area (Å²) in [7, 11) is 0. The standard InChI is InChI=1S/C11H13NO/c1-8(13)7-10-4-2-3-9-5-6-12-11(9)10/h2-6,8,12-13H,7H2,1H3/t8-/m1/s1. The molecule has 2 nitrogen and oxygen atoms in total. The molecule has 0 unspecified atom stereocenters. The Kier molecular flexibility index (Phi) is 2.07. The molecular formula is C11H13NO. The molecule has 0 aliphatic heterocycles. The molecule has 0 aliphatic carbocycles. The fourth-order valence-corrected chi connectivity index (χ4v) is 1.64. The molecule has 0 radical (unpaired) electrons. The summed E-state index contributed by atoms with van der Waals surface area (Å²) in [6.45, 7) is 1.81. The Hall–Kier alpha value is -1.28. The molecule has 0 saturated heterocycles. The number of hydrogen-bond acceptors (Lipinski definition) is 1. The van der Waals surface area contributed by atoms with Crippen LogP contribution in [-0.4, -0.2) is 16.2 Å². The van der Waals surface area contributed by atoms with Gasteiger partial charge in [0, 0.05) is 18.1 Å². The fourth-order valence-electron chi connectivity index (χ4n) is 1.64. The summed E-state index contributed by atoms with van der Waals surface area (Å²) in [5.41, 5.74) is 2.32. The predicted molar refractivity (Wildman–Crippen MR) is 53.7 cm³/mol. The number of H-pyrrole nitrogens is 1. The average Bonchev–Trinajstić information content (AvgIpc) is 2.51. The van der Waals surface area contributed by atoms with Gasteiger partial charge in [-0.1, -0.05) is 18.2 Å². The predicted octanol–water partition coefficient (Wildman–Crippen LogP) is 2.09. The molecule has 68 valence electrons. The van der Waals surface area contributed by atoms with Gasteiger partial charge in [-0.25, -0.2) is 0 Å². The second-order valence-electron chi connectivity index (χ2n) is 3.41. The van der Waals surface area contributed by atoms with Crippen LogP contribution in [0.2, 0.25) is 0 Å². The van der Waals surface area contributed by atoms with E-state index in [9.17, 15) is 5.11 Å². The van der Waals surface area contributed by atoms with Crippen LogP contribution in [0.1, 0.15) is 12.5 Å². The van der Waals surface area contributed by atoms with Crippen LogP contribution in [0.25, 0.3) is 10.9 Å². The van der Waals surface area contributed by atoms with Gasteiger partial charge in [-0.2, -0.15) is 0 Å².